The predicted molar refractivity (Wildman–Crippen MR) is 103 cm³/mol. The minimum atomic E-state index is -1.85. The quantitative estimate of drug-likeness (QED) is 0.430. The second kappa shape index (κ2) is 8.73. The van der Waals surface area contributed by atoms with E-state index in [0.717, 1.165) is 11.5 Å². The van der Waals surface area contributed by atoms with Gasteiger partial charge in [-0.25, -0.2) is 9.69 Å². The molecule has 0 spiro atoms. The minimum Gasteiger partial charge on any atom is -0.493 e. The predicted octanol–water partition coefficient (Wildman–Crippen LogP) is 3.20. The molecule has 10 nitrogen and oxygen atoms in total. The Hall–Kier alpha value is -3.09. The highest BCUT2D eigenvalue weighted by molar-refractivity contribution is 7.80. The molecular weight excluding hydrogens is 408 g/mol. The van der Waals surface area contributed by atoms with Crippen molar-refractivity contribution in [2.45, 2.75) is 4.90 Å². The van der Waals surface area contributed by atoms with E-state index in [0.29, 0.717) is 22.0 Å². The van der Waals surface area contributed by atoms with Crippen LogP contribution in [0.5, 0.6) is 11.5 Å². The second-order valence-corrected chi connectivity index (χ2v) is 7.03. The number of non-ortho nitro benzene ring substituents is 1. The maximum Gasteiger partial charge on any atom is 0.270 e. The van der Waals surface area contributed by atoms with Crippen LogP contribution in [-0.2, 0) is 15.4 Å². The lowest BCUT2D eigenvalue weighted by Crippen LogP contribution is -2.05. The van der Waals surface area contributed by atoms with Gasteiger partial charge in [0.1, 0.15) is 0 Å². The first-order valence-electron chi connectivity index (χ1n) is 7.67. The molecule has 28 heavy (non-hydrogen) atoms. The van der Waals surface area contributed by atoms with E-state index in [9.17, 15) is 14.3 Å². The standard InChI is InChI=1S/C16H14N4O6S2/c1-24-13-7-6-12(9-14(13)25-2)28(23)26-18-16-17-15(19-27-16)10-4-3-5-11(8-10)20(21)22/h3-9H,1-2H3,(H,17,18,19). The van der Waals surface area contributed by atoms with Gasteiger partial charge in [-0.3, -0.25) is 10.1 Å². The summed E-state index contributed by atoms with van der Waals surface area (Å²) in [7, 11) is 2.97. The van der Waals surface area contributed by atoms with Crippen LogP contribution in [0.3, 0.4) is 0 Å². The van der Waals surface area contributed by atoms with Crippen molar-refractivity contribution < 1.29 is 22.9 Å². The largest absolute Gasteiger partial charge is 0.493 e. The van der Waals surface area contributed by atoms with Crippen molar-refractivity contribution in [3.05, 3.63) is 52.6 Å². The molecule has 1 unspecified atom stereocenters. The number of benzene rings is 2. The zero-order valence-corrected chi connectivity index (χ0v) is 16.3. The summed E-state index contributed by atoms with van der Waals surface area (Å²) < 4.78 is 31.8. The zero-order chi connectivity index (χ0) is 20.1. The van der Waals surface area contributed by atoms with Crippen molar-refractivity contribution in [1.29, 1.82) is 0 Å². The molecule has 0 radical (unpaired) electrons. The minimum absolute atomic E-state index is 0.0624. The van der Waals surface area contributed by atoms with E-state index in [1.54, 1.807) is 24.3 Å². The number of nitro groups is 1. The highest BCUT2D eigenvalue weighted by Crippen LogP contribution is 2.29. The van der Waals surface area contributed by atoms with Crippen LogP contribution in [0.25, 0.3) is 11.4 Å². The number of nitrogens with zero attached hydrogens (tertiary/aromatic N) is 3. The van der Waals surface area contributed by atoms with E-state index in [2.05, 4.69) is 14.8 Å². The molecule has 0 aliphatic carbocycles. The van der Waals surface area contributed by atoms with Crippen LogP contribution in [0.1, 0.15) is 0 Å². The van der Waals surface area contributed by atoms with Crippen LogP contribution < -0.4 is 15.0 Å². The summed E-state index contributed by atoms with van der Waals surface area (Å²) in [4.78, 5) is 14.9. The average molecular weight is 422 g/mol. The molecule has 0 bridgehead atoms. The van der Waals surface area contributed by atoms with Crippen molar-refractivity contribution in [2.75, 3.05) is 19.7 Å². The van der Waals surface area contributed by atoms with Crippen LogP contribution in [0.4, 0.5) is 10.8 Å². The molecule has 0 aliphatic heterocycles. The number of ether oxygens (including phenoxy) is 2. The van der Waals surface area contributed by atoms with E-state index in [4.69, 9.17) is 13.8 Å². The third kappa shape index (κ3) is 4.42. The molecule has 0 amide bonds. The number of methoxy groups -OCH3 is 2. The van der Waals surface area contributed by atoms with Gasteiger partial charge >= 0.3 is 0 Å². The molecular formula is C16H14N4O6S2. The molecule has 1 heterocycles. The number of hydrogen-bond donors (Lipinski definition) is 1. The van der Waals surface area contributed by atoms with Gasteiger partial charge in [-0.2, -0.15) is 13.6 Å². The lowest BCUT2D eigenvalue weighted by atomic mass is 10.2. The Morgan fingerprint density at radius 3 is 2.64 bits per heavy atom. The van der Waals surface area contributed by atoms with Gasteiger partial charge < -0.3 is 9.47 Å². The Kier molecular flexibility index (Phi) is 6.13. The van der Waals surface area contributed by atoms with Crippen molar-refractivity contribution in [3.8, 4) is 22.9 Å². The van der Waals surface area contributed by atoms with Gasteiger partial charge in [0.05, 0.1) is 24.0 Å². The van der Waals surface area contributed by atoms with E-state index < -0.39 is 16.0 Å². The molecule has 1 N–H and O–H groups in total. The molecule has 2 aromatic carbocycles. The molecule has 0 fully saturated rings. The molecule has 3 rings (SSSR count). The van der Waals surface area contributed by atoms with Crippen LogP contribution in [0.15, 0.2) is 47.4 Å². The fraction of sp³-hybridized carbons (Fsp3) is 0.125. The summed E-state index contributed by atoms with van der Waals surface area (Å²) in [6.07, 6.45) is 0. The molecule has 146 valence electrons. The summed E-state index contributed by atoms with van der Waals surface area (Å²) in [5.74, 6) is 1.21. The first-order valence-corrected chi connectivity index (χ1v) is 9.52. The van der Waals surface area contributed by atoms with Gasteiger partial charge in [0.2, 0.25) is 16.2 Å². The fourth-order valence-electron chi connectivity index (χ4n) is 2.18. The Balaban J connectivity index is 1.68. The Morgan fingerprint density at radius 1 is 1.14 bits per heavy atom. The average Bonchev–Trinajstić information content (AvgIpc) is 3.20. The molecule has 12 heteroatoms. The van der Waals surface area contributed by atoms with E-state index in [1.165, 1.54) is 32.4 Å². The van der Waals surface area contributed by atoms with Gasteiger partial charge in [0.15, 0.2) is 17.3 Å². The van der Waals surface area contributed by atoms with Crippen molar-refractivity contribution >= 4 is 33.4 Å². The summed E-state index contributed by atoms with van der Waals surface area (Å²) in [6, 6.07) is 10.7. The normalized spacial score (nSPS) is 11.6. The third-order valence-corrected chi connectivity index (χ3v) is 4.98. The molecule has 0 saturated heterocycles. The first-order chi connectivity index (χ1) is 13.5. The SMILES string of the molecule is COc1ccc(S(=O)ONc2nc(-c3cccc([N+](=O)[O-])c3)ns2)cc1OC. The summed E-state index contributed by atoms with van der Waals surface area (Å²) in [6.45, 7) is 0. The van der Waals surface area contributed by atoms with E-state index in [1.807, 2.05) is 0 Å². The van der Waals surface area contributed by atoms with Crippen LogP contribution in [-0.4, -0.2) is 32.7 Å². The third-order valence-electron chi connectivity index (χ3n) is 3.49. The Morgan fingerprint density at radius 2 is 1.93 bits per heavy atom. The topological polar surface area (TPSA) is 126 Å². The Labute approximate surface area is 166 Å². The number of rotatable bonds is 8. The van der Waals surface area contributed by atoms with Crippen molar-refractivity contribution in [1.82, 2.24) is 9.36 Å². The monoisotopic (exact) mass is 422 g/mol. The van der Waals surface area contributed by atoms with Crippen molar-refractivity contribution in [2.24, 2.45) is 0 Å². The van der Waals surface area contributed by atoms with Crippen LogP contribution >= 0.6 is 11.5 Å². The van der Waals surface area contributed by atoms with Crippen LogP contribution in [0.2, 0.25) is 0 Å². The number of nitro benzene ring substituents is 1. The highest BCUT2D eigenvalue weighted by atomic mass is 32.2. The van der Waals surface area contributed by atoms with Gasteiger partial charge in [-0.1, -0.05) is 12.1 Å². The molecule has 0 saturated carbocycles. The Bertz CT molecular complexity index is 1030. The fourth-order valence-corrected chi connectivity index (χ4v) is 3.39. The first kappa shape index (κ1) is 19.7. The van der Waals surface area contributed by atoms with E-state index in [-0.39, 0.29) is 16.6 Å². The van der Waals surface area contributed by atoms with Gasteiger partial charge in [0.25, 0.3) is 5.69 Å². The molecule has 3 aromatic rings. The van der Waals surface area contributed by atoms with E-state index >= 15 is 0 Å². The lowest BCUT2D eigenvalue weighted by Gasteiger charge is -2.09. The van der Waals surface area contributed by atoms with Crippen LogP contribution in [0, 0.1) is 10.1 Å². The maximum atomic E-state index is 12.3. The molecule has 0 aliphatic rings. The number of hydrogen-bond acceptors (Lipinski definition) is 10. The number of anilines is 1. The summed E-state index contributed by atoms with van der Waals surface area (Å²) >= 11 is -0.885. The molecule has 1 aromatic heterocycles. The number of nitrogens with one attached hydrogen (secondary N) is 1. The summed E-state index contributed by atoms with van der Waals surface area (Å²) in [5, 5.41) is 11.1. The maximum absolute atomic E-state index is 12.3. The second-order valence-electron chi connectivity index (χ2n) is 5.17. The summed E-state index contributed by atoms with van der Waals surface area (Å²) in [5.41, 5.74) is 2.90. The van der Waals surface area contributed by atoms with Gasteiger partial charge in [-0.05, 0) is 12.1 Å². The number of aromatic nitrogens is 2. The van der Waals surface area contributed by atoms with Gasteiger partial charge in [-0.15, -0.1) is 0 Å². The lowest BCUT2D eigenvalue weighted by molar-refractivity contribution is -0.384. The molecule has 1 atom stereocenters. The highest BCUT2D eigenvalue weighted by Gasteiger charge is 2.14. The zero-order valence-electron chi connectivity index (χ0n) is 14.6. The smallest absolute Gasteiger partial charge is 0.270 e. The van der Waals surface area contributed by atoms with Gasteiger partial charge in [0, 0.05) is 35.3 Å². The van der Waals surface area contributed by atoms with Crippen molar-refractivity contribution in [3.63, 3.8) is 0 Å².